The van der Waals surface area contributed by atoms with Crippen LogP contribution in [0.2, 0.25) is 0 Å². The van der Waals surface area contributed by atoms with E-state index in [2.05, 4.69) is 53.1 Å². The summed E-state index contributed by atoms with van der Waals surface area (Å²) in [7, 11) is 0. The summed E-state index contributed by atoms with van der Waals surface area (Å²) in [6.45, 7) is 8.91. The molecule has 1 aromatic heterocycles. The number of benzene rings is 2. The first-order chi connectivity index (χ1) is 12.6. The monoisotopic (exact) mass is 348 g/mol. The van der Waals surface area contributed by atoms with E-state index in [9.17, 15) is 4.79 Å². The fraction of sp³-hybridized carbons (Fsp3) is 0.318. The zero-order valence-corrected chi connectivity index (χ0v) is 15.4. The van der Waals surface area contributed by atoms with Gasteiger partial charge in [0, 0.05) is 49.9 Å². The smallest absolute Gasteiger partial charge is 0.336 e. The number of hydrogen-bond donors (Lipinski definition) is 0. The summed E-state index contributed by atoms with van der Waals surface area (Å²) in [4.78, 5) is 16.8. The number of hydrogen-bond acceptors (Lipinski definition) is 4. The van der Waals surface area contributed by atoms with E-state index in [1.165, 1.54) is 11.3 Å². The van der Waals surface area contributed by atoms with Crippen molar-refractivity contribution in [3.8, 4) is 0 Å². The molecule has 0 saturated carbocycles. The van der Waals surface area contributed by atoms with Crippen molar-refractivity contribution in [1.82, 2.24) is 4.90 Å². The van der Waals surface area contributed by atoms with Crippen molar-refractivity contribution in [3.63, 3.8) is 0 Å². The molecule has 4 heteroatoms. The molecular weight excluding hydrogens is 324 g/mol. The molecule has 1 saturated heterocycles. The first kappa shape index (κ1) is 16.9. The van der Waals surface area contributed by atoms with Gasteiger partial charge in [0.1, 0.15) is 5.58 Å². The summed E-state index contributed by atoms with van der Waals surface area (Å²) >= 11 is 0. The van der Waals surface area contributed by atoms with Crippen LogP contribution in [0.5, 0.6) is 0 Å². The molecule has 2 aromatic carbocycles. The van der Waals surface area contributed by atoms with Gasteiger partial charge in [0.15, 0.2) is 0 Å². The lowest BCUT2D eigenvalue weighted by Gasteiger charge is -2.36. The van der Waals surface area contributed by atoms with Crippen molar-refractivity contribution >= 4 is 16.7 Å². The lowest BCUT2D eigenvalue weighted by Crippen LogP contribution is -2.46. The van der Waals surface area contributed by atoms with Gasteiger partial charge in [0.2, 0.25) is 0 Å². The van der Waals surface area contributed by atoms with Crippen molar-refractivity contribution in [2.45, 2.75) is 20.4 Å². The first-order valence-electron chi connectivity index (χ1n) is 9.16. The lowest BCUT2D eigenvalue weighted by molar-refractivity contribution is 0.250. The molecule has 26 heavy (non-hydrogen) atoms. The van der Waals surface area contributed by atoms with Crippen LogP contribution < -0.4 is 10.5 Å². The van der Waals surface area contributed by atoms with E-state index in [0.29, 0.717) is 5.58 Å². The number of rotatable bonds is 3. The zero-order chi connectivity index (χ0) is 18.1. The van der Waals surface area contributed by atoms with E-state index in [-0.39, 0.29) is 5.63 Å². The minimum atomic E-state index is -0.265. The van der Waals surface area contributed by atoms with E-state index in [0.717, 1.165) is 49.2 Å². The molecule has 2 heterocycles. The standard InChI is InChI=1S/C22H24N2O2/c1-16-12-20-18(14-22(25)26-21(20)13-17(16)2)15-23-8-10-24(11-9-23)19-6-4-3-5-7-19/h3-7,12-14H,8-11,15H2,1-2H3. The maximum Gasteiger partial charge on any atom is 0.336 e. The predicted molar refractivity (Wildman–Crippen MR) is 106 cm³/mol. The van der Waals surface area contributed by atoms with Gasteiger partial charge in [-0.3, -0.25) is 4.90 Å². The van der Waals surface area contributed by atoms with E-state index in [1.54, 1.807) is 6.07 Å². The fourth-order valence-electron chi connectivity index (χ4n) is 3.66. The summed E-state index contributed by atoms with van der Waals surface area (Å²) in [6.07, 6.45) is 0. The van der Waals surface area contributed by atoms with Crippen LogP contribution in [0.3, 0.4) is 0 Å². The maximum atomic E-state index is 12.0. The Morgan fingerprint density at radius 3 is 2.35 bits per heavy atom. The number of anilines is 1. The average Bonchev–Trinajstić information content (AvgIpc) is 2.65. The van der Waals surface area contributed by atoms with E-state index >= 15 is 0 Å². The van der Waals surface area contributed by atoms with Crippen molar-refractivity contribution in [1.29, 1.82) is 0 Å². The molecule has 0 amide bonds. The van der Waals surface area contributed by atoms with Gasteiger partial charge in [0.05, 0.1) is 0 Å². The second kappa shape index (κ2) is 6.96. The molecule has 1 fully saturated rings. The van der Waals surface area contributed by atoms with Gasteiger partial charge in [-0.2, -0.15) is 0 Å². The molecule has 1 aliphatic rings. The van der Waals surface area contributed by atoms with E-state index < -0.39 is 0 Å². The molecule has 0 N–H and O–H groups in total. The molecule has 1 aliphatic heterocycles. The van der Waals surface area contributed by atoms with Crippen molar-refractivity contribution in [2.75, 3.05) is 31.1 Å². The fourth-order valence-corrected chi connectivity index (χ4v) is 3.66. The summed E-state index contributed by atoms with van der Waals surface area (Å²) in [5.41, 5.74) is 5.14. The molecule has 4 nitrogen and oxygen atoms in total. The summed E-state index contributed by atoms with van der Waals surface area (Å²) in [5.74, 6) is 0. The van der Waals surface area contributed by atoms with Crippen LogP contribution in [-0.4, -0.2) is 31.1 Å². The number of piperazine rings is 1. The maximum absolute atomic E-state index is 12.0. The van der Waals surface area contributed by atoms with Crippen LogP contribution in [0.4, 0.5) is 5.69 Å². The van der Waals surface area contributed by atoms with Crippen LogP contribution in [0.15, 0.2) is 57.7 Å². The second-order valence-corrected chi connectivity index (χ2v) is 7.12. The third-order valence-corrected chi connectivity index (χ3v) is 5.33. The van der Waals surface area contributed by atoms with Crippen molar-refractivity contribution in [2.24, 2.45) is 0 Å². The Labute approximate surface area is 153 Å². The summed E-state index contributed by atoms with van der Waals surface area (Å²) in [6, 6.07) is 16.3. The van der Waals surface area contributed by atoms with Crippen molar-refractivity contribution in [3.05, 3.63) is 75.6 Å². The van der Waals surface area contributed by atoms with Gasteiger partial charge in [-0.05, 0) is 54.8 Å². The quantitative estimate of drug-likeness (QED) is 0.676. The molecule has 0 bridgehead atoms. The Balaban J connectivity index is 1.53. The molecule has 3 aromatic rings. The number of para-hydroxylation sites is 1. The van der Waals surface area contributed by atoms with Gasteiger partial charge in [0.25, 0.3) is 0 Å². The number of fused-ring (bicyclic) bond motifs is 1. The third kappa shape index (κ3) is 3.37. The molecular formula is C22H24N2O2. The lowest BCUT2D eigenvalue weighted by atomic mass is 10.0. The van der Waals surface area contributed by atoms with Crippen LogP contribution in [0, 0.1) is 13.8 Å². The van der Waals surface area contributed by atoms with E-state index in [1.807, 2.05) is 13.0 Å². The summed E-state index contributed by atoms with van der Waals surface area (Å²) < 4.78 is 5.42. The number of aryl methyl sites for hydroxylation is 2. The minimum absolute atomic E-state index is 0.265. The molecule has 0 unspecified atom stereocenters. The van der Waals surface area contributed by atoms with Crippen molar-refractivity contribution < 1.29 is 4.42 Å². The Hall–Kier alpha value is -2.59. The van der Waals surface area contributed by atoms with Crippen LogP contribution in [0.25, 0.3) is 11.0 Å². The molecule has 0 radical (unpaired) electrons. The topological polar surface area (TPSA) is 36.7 Å². The highest BCUT2D eigenvalue weighted by molar-refractivity contribution is 5.81. The van der Waals surface area contributed by atoms with E-state index in [4.69, 9.17) is 4.42 Å². The highest BCUT2D eigenvalue weighted by Gasteiger charge is 2.18. The highest BCUT2D eigenvalue weighted by Crippen LogP contribution is 2.23. The number of nitrogens with zero attached hydrogens (tertiary/aromatic N) is 2. The Morgan fingerprint density at radius 1 is 0.923 bits per heavy atom. The highest BCUT2D eigenvalue weighted by atomic mass is 16.4. The zero-order valence-electron chi connectivity index (χ0n) is 15.4. The molecule has 0 spiro atoms. The van der Waals surface area contributed by atoms with Crippen LogP contribution >= 0.6 is 0 Å². The predicted octanol–water partition coefficient (Wildman–Crippen LogP) is 3.73. The van der Waals surface area contributed by atoms with Crippen LogP contribution in [-0.2, 0) is 6.54 Å². The SMILES string of the molecule is Cc1cc2oc(=O)cc(CN3CCN(c4ccccc4)CC3)c2cc1C. The van der Waals surface area contributed by atoms with Gasteiger partial charge >= 0.3 is 5.63 Å². The average molecular weight is 348 g/mol. The van der Waals surface area contributed by atoms with Gasteiger partial charge in [-0.1, -0.05) is 18.2 Å². The third-order valence-electron chi connectivity index (χ3n) is 5.33. The van der Waals surface area contributed by atoms with Gasteiger partial charge in [-0.25, -0.2) is 4.79 Å². The second-order valence-electron chi connectivity index (χ2n) is 7.12. The molecule has 0 atom stereocenters. The Morgan fingerprint density at radius 2 is 1.62 bits per heavy atom. The van der Waals surface area contributed by atoms with Gasteiger partial charge < -0.3 is 9.32 Å². The first-order valence-corrected chi connectivity index (χ1v) is 9.16. The largest absolute Gasteiger partial charge is 0.423 e. The summed E-state index contributed by atoms with van der Waals surface area (Å²) in [5, 5.41) is 1.05. The molecule has 0 aliphatic carbocycles. The van der Waals surface area contributed by atoms with Gasteiger partial charge in [-0.15, -0.1) is 0 Å². The Bertz CT molecular complexity index is 971. The molecule has 4 rings (SSSR count). The Kier molecular flexibility index (Phi) is 4.51. The minimum Gasteiger partial charge on any atom is -0.423 e. The van der Waals surface area contributed by atoms with Crippen LogP contribution in [0.1, 0.15) is 16.7 Å². The molecule has 134 valence electrons. The normalized spacial score (nSPS) is 15.5.